The van der Waals surface area contributed by atoms with Crippen LogP contribution in [0.25, 0.3) is 0 Å². The quantitative estimate of drug-likeness (QED) is 0.105. The largest absolute Gasteiger partial charge is 0.352 e. The maximum Gasteiger partial charge on any atom is 0.256 e. The predicted molar refractivity (Wildman–Crippen MR) is 218 cm³/mol. The fourth-order valence-electron chi connectivity index (χ4n) is 5.96. The summed E-state index contributed by atoms with van der Waals surface area (Å²) in [6.07, 6.45) is -0.0830. The number of carbonyl (C=O) groups excluding carboxylic acids is 1. The number of rotatable bonds is 17. The van der Waals surface area contributed by atoms with Crippen LogP contribution in [0.4, 0.5) is 0 Å². The smallest absolute Gasteiger partial charge is 0.256 e. The molecule has 12 nitrogen and oxygen atoms in total. The summed E-state index contributed by atoms with van der Waals surface area (Å²) in [4.78, 5) is 11.1. The van der Waals surface area contributed by atoms with Crippen LogP contribution in [-0.2, 0) is 40.1 Å². The van der Waals surface area contributed by atoms with Gasteiger partial charge in [-0.1, -0.05) is 103 Å². The second-order valence-corrected chi connectivity index (χ2v) is 21.5. The van der Waals surface area contributed by atoms with Gasteiger partial charge >= 0.3 is 0 Å². The Morgan fingerprint density at radius 2 is 0.842 bits per heavy atom. The van der Waals surface area contributed by atoms with Crippen LogP contribution < -0.4 is 5.32 Å². The Hall–Kier alpha value is -4.71. The van der Waals surface area contributed by atoms with Gasteiger partial charge in [0.25, 0.3) is 46.0 Å². The lowest BCUT2D eigenvalue weighted by Gasteiger charge is -2.33. The molecule has 1 amide bonds. The highest BCUT2D eigenvalue weighted by Gasteiger charge is 2.46. The normalized spacial score (nSPS) is 13.1. The average molecular weight is 852 g/mol. The molecule has 0 spiro atoms. The molecule has 0 saturated heterocycles. The molecule has 0 saturated carbocycles. The first-order chi connectivity index (χ1) is 26.8. The molecule has 0 aliphatic carbocycles. The van der Waals surface area contributed by atoms with Crippen molar-refractivity contribution < 1.29 is 38.5 Å². The molecule has 57 heavy (non-hydrogen) atoms. The molecule has 0 aromatic heterocycles. The highest BCUT2D eigenvalue weighted by molar-refractivity contribution is 8.04. The third-order valence-corrected chi connectivity index (χ3v) is 18.0. The van der Waals surface area contributed by atoms with Gasteiger partial charge in [-0.15, -0.1) is 0 Å². The van der Waals surface area contributed by atoms with Crippen LogP contribution in [0.5, 0.6) is 0 Å². The number of aryl methyl sites for hydroxylation is 4. The van der Waals surface area contributed by atoms with E-state index < -0.39 is 72.3 Å². The molecule has 1 N–H and O–H groups in total. The Bertz CT molecular complexity index is 2470. The van der Waals surface area contributed by atoms with Crippen molar-refractivity contribution in [3.05, 3.63) is 155 Å². The van der Waals surface area contributed by atoms with Gasteiger partial charge in [0.15, 0.2) is 0 Å². The fourth-order valence-corrected chi connectivity index (χ4v) is 13.7. The zero-order chi connectivity index (χ0) is 41.6. The molecule has 0 aliphatic heterocycles. The Morgan fingerprint density at radius 1 is 0.491 bits per heavy atom. The molecular formula is C41H45N3O9S4. The van der Waals surface area contributed by atoms with Crippen LogP contribution in [0, 0.1) is 27.7 Å². The lowest BCUT2D eigenvalue weighted by atomic mass is 10.1. The van der Waals surface area contributed by atoms with Gasteiger partial charge < -0.3 is 5.32 Å². The molecule has 0 aliphatic rings. The Kier molecular flexibility index (Phi) is 13.6. The maximum atomic E-state index is 14.8. The summed E-state index contributed by atoms with van der Waals surface area (Å²) in [5, 5.41) is 2.77. The fraction of sp³-hybridized carbons (Fsp3) is 0.244. The van der Waals surface area contributed by atoms with E-state index in [1.807, 2.05) is 0 Å². The molecule has 0 radical (unpaired) electrons. The van der Waals surface area contributed by atoms with E-state index in [0.29, 0.717) is 27.8 Å². The van der Waals surface area contributed by atoms with Gasteiger partial charge in [-0.2, -0.15) is 0 Å². The van der Waals surface area contributed by atoms with Crippen molar-refractivity contribution in [3.63, 3.8) is 0 Å². The maximum absolute atomic E-state index is 14.8. The third kappa shape index (κ3) is 10.1. The van der Waals surface area contributed by atoms with Crippen molar-refractivity contribution in [2.75, 3.05) is 13.1 Å². The van der Waals surface area contributed by atoms with Crippen LogP contribution in [0.2, 0.25) is 0 Å². The molecular weight excluding hydrogens is 807 g/mol. The predicted octanol–water partition coefficient (Wildman–Crippen LogP) is 6.35. The SMILES string of the molecule is Cc1ccc(S(=O)(=O)N(CC(CCCCNC(=O)c2ccccc2)N(S(=O)(=O)c2ccc(C)cc2)S(=O)(=O)c2ccc(C)cc2)S(=O)(=O)c2ccc(C)cc2)cc1. The summed E-state index contributed by atoms with van der Waals surface area (Å²) in [6, 6.07) is 28.4. The lowest BCUT2D eigenvalue weighted by Crippen LogP contribution is -2.52. The topological polar surface area (TPSA) is 172 Å². The number of amides is 1. The van der Waals surface area contributed by atoms with Crippen molar-refractivity contribution in [3.8, 4) is 0 Å². The summed E-state index contributed by atoms with van der Waals surface area (Å²) >= 11 is 0. The molecule has 16 heteroatoms. The van der Waals surface area contributed by atoms with Crippen LogP contribution in [0.15, 0.2) is 147 Å². The molecule has 5 aromatic rings. The number of nitrogens with one attached hydrogen (secondary N) is 1. The van der Waals surface area contributed by atoms with Crippen LogP contribution in [-0.4, -0.2) is 66.1 Å². The number of carbonyl (C=O) groups is 1. The molecule has 1 unspecified atom stereocenters. The van der Waals surface area contributed by atoms with E-state index in [2.05, 4.69) is 5.32 Å². The highest BCUT2D eigenvalue weighted by atomic mass is 32.3. The summed E-state index contributed by atoms with van der Waals surface area (Å²) in [5.74, 6) is -0.364. The molecule has 5 rings (SSSR count). The number of nitrogens with zero attached hydrogens (tertiary/aromatic N) is 2. The molecule has 302 valence electrons. The first kappa shape index (κ1) is 43.4. The number of hydrogen-bond donors (Lipinski definition) is 1. The minimum Gasteiger partial charge on any atom is -0.352 e. The van der Waals surface area contributed by atoms with Gasteiger partial charge in [-0.25, -0.2) is 33.7 Å². The number of sulfonamides is 4. The van der Waals surface area contributed by atoms with Crippen molar-refractivity contribution >= 4 is 46.0 Å². The average Bonchev–Trinajstić information content (AvgIpc) is 3.17. The standard InChI is InChI=1S/C41H45N3O9S4/c1-31-13-21-37(22-14-31)54(46,47)43(55(48,49)38-23-15-32(2)16-24-38)30-36(12-8-9-29-42-41(45)35-10-6-5-7-11-35)44(56(50,51)39-25-17-33(3)18-26-39)57(52,53)40-27-19-34(4)20-28-40/h5-7,10-11,13-28,36H,8-9,12,29-30H2,1-4H3,(H,42,45). The zero-order valence-corrected chi connectivity index (χ0v) is 35.2. The molecule has 0 bridgehead atoms. The first-order valence-corrected chi connectivity index (χ1v) is 23.8. The second kappa shape index (κ2) is 17.8. The van der Waals surface area contributed by atoms with E-state index in [4.69, 9.17) is 0 Å². The van der Waals surface area contributed by atoms with E-state index >= 15 is 0 Å². The van der Waals surface area contributed by atoms with Crippen molar-refractivity contribution in [1.29, 1.82) is 0 Å². The van der Waals surface area contributed by atoms with Gasteiger partial charge in [0.2, 0.25) is 0 Å². The molecule has 5 aromatic carbocycles. The number of hydrogen-bond acceptors (Lipinski definition) is 9. The van der Waals surface area contributed by atoms with Gasteiger partial charge in [0, 0.05) is 18.7 Å². The van der Waals surface area contributed by atoms with Gasteiger partial charge in [0.05, 0.1) is 25.6 Å². The van der Waals surface area contributed by atoms with Crippen molar-refractivity contribution in [1.82, 2.24) is 12.7 Å². The highest BCUT2D eigenvalue weighted by Crippen LogP contribution is 2.33. The summed E-state index contributed by atoms with van der Waals surface area (Å²) in [6.45, 7) is 5.88. The Labute approximate surface area is 336 Å². The minimum atomic E-state index is -5.04. The molecule has 1 atom stereocenters. The first-order valence-electron chi connectivity index (χ1n) is 18.0. The van der Waals surface area contributed by atoms with E-state index in [1.54, 1.807) is 58.0 Å². The Morgan fingerprint density at radius 3 is 1.21 bits per heavy atom. The summed E-state index contributed by atoms with van der Waals surface area (Å²) in [7, 11) is -20.1. The zero-order valence-electron chi connectivity index (χ0n) is 31.9. The lowest BCUT2D eigenvalue weighted by molar-refractivity contribution is 0.0952. The minimum absolute atomic E-state index is 0.0477. The van der Waals surface area contributed by atoms with E-state index in [1.165, 1.54) is 97.1 Å². The summed E-state index contributed by atoms with van der Waals surface area (Å²) in [5.41, 5.74) is 3.18. The summed E-state index contributed by atoms with van der Waals surface area (Å²) < 4.78 is 118. The van der Waals surface area contributed by atoms with Gasteiger partial charge in [0.1, 0.15) is 0 Å². The molecule has 0 heterocycles. The van der Waals surface area contributed by atoms with E-state index in [0.717, 1.165) is 0 Å². The number of unbranched alkanes of at least 4 members (excludes halogenated alkanes) is 1. The van der Waals surface area contributed by atoms with Crippen LogP contribution in [0.1, 0.15) is 51.9 Å². The van der Waals surface area contributed by atoms with Gasteiger partial charge in [-0.3, -0.25) is 4.79 Å². The van der Waals surface area contributed by atoms with E-state index in [-0.39, 0.29) is 39.1 Å². The van der Waals surface area contributed by atoms with Crippen molar-refractivity contribution in [2.45, 2.75) is 72.6 Å². The monoisotopic (exact) mass is 851 g/mol. The number of benzene rings is 5. The second-order valence-electron chi connectivity index (χ2n) is 13.7. The van der Waals surface area contributed by atoms with Crippen LogP contribution >= 0.6 is 0 Å². The van der Waals surface area contributed by atoms with Gasteiger partial charge in [-0.05, 0) is 101 Å². The van der Waals surface area contributed by atoms with Crippen LogP contribution in [0.3, 0.4) is 0 Å². The van der Waals surface area contributed by atoms with E-state index in [9.17, 15) is 38.5 Å². The third-order valence-electron chi connectivity index (χ3n) is 9.23. The van der Waals surface area contributed by atoms with Crippen molar-refractivity contribution in [2.24, 2.45) is 0 Å². The molecule has 0 fully saturated rings. The Balaban J connectivity index is 1.67.